The molecule has 0 bridgehead atoms. The standard InChI is InChI=1S/C17H22F3NO2/c1-16(2,3)23-15(22)21-13(8-6-10-17(18,19)20)11-12-7-4-5-9-14(12)21/h4-5,7,9,13H,6,8,10-11H2,1-3H3/t13-/m1/s1. The van der Waals surface area contributed by atoms with Crippen molar-refractivity contribution < 1.29 is 22.7 Å². The molecule has 0 radical (unpaired) electrons. The van der Waals surface area contributed by atoms with Gasteiger partial charge in [0, 0.05) is 12.5 Å². The number of hydrogen-bond acceptors (Lipinski definition) is 2. The first kappa shape index (κ1) is 17.6. The van der Waals surface area contributed by atoms with Gasteiger partial charge < -0.3 is 4.74 Å². The molecule has 0 saturated carbocycles. The molecule has 0 aliphatic carbocycles. The molecule has 23 heavy (non-hydrogen) atoms. The third kappa shape index (κ3) is 4.88. The number of carbonyl (C=O) groups is 1. The van der Waals surface area contributed by atoms with Crippen molar-refractivity contribution in [3.63, 3.8) is 0 Å². The van der Waals surface area contributed by atoms with Crippen LogP contribution in [0.15, 0.2) is 24.3 Å². The maximum absolute atomic E-state index is 12.5. The summed E-state index contributed by atoms with van der Waals surface area (Å²) in [7, 11) is 0. The fourth-order valence-electron chi connectivity index (χ4n) is 2.79. The van der Waals surface area contributed by atoms with Crippen LogP contribution in [0.4, 0.5) is 23.7 Å². The van der Waals surface area contributed by atoms with E-state index >= 15 is 0 Å². The zero-order chi connectivity index (χ0) is 17.3. The van der Waals surface area contributed by atoms with E-state index in [-0.39, 0.29) is 12.5 Å². The van der Waals surface area contributed by atoms with Crippen molar-refractivity contribution in [1.29, 1.82) is 0 Å². The number of hydrogen-bond donors (Lipinski definition) is 0. The zero-order valence-electron chi connectivity index (χ0n) is 13.6. The first-order valence-electron chi connectivity index (χ1n) is 7.74. The molecule has 0 fully saturated rings. The number of rotatable bonds is 3. The Bertz CT molecular complexity index is 564. The molecule has 0 aromatic heterocycles. The Kier molecular flexibility index (Phi) is 4.92. The highest BCUT2D eigenvalue weighted by Gasteiger charge is 2.37. The summed E-state index contributed by atoms with van der Waals surface area (Å²) in [6, 6.07) is 7.10. The number of para-hydroxylation sites is 1. The highest BCUT2D eigenvalue weighted by Crippen LogP contribution is 2.36. The number of alkyl halides is 3. The van der Waals surface area contributed by atoms with Crippen LogP contribution in [0, 0.1) is 0 Å². The molecule has 6 heteroatoms. The van der Waals surface area contributed by atoms with E-state index in [4.69, 9.17) is 4.74 Å². The van der Waals surface area contributed by atoms with E-state index in [1.54, 1.807) is 20.8 Å². The molecule has 1 atom stereocenters. The Morgan fingerprint density at radius 2 is 1.91 bits per heavy atom. The SMILES string of the molecule is CC(C)(C)OC(=O)N1c2ccccc2C[C@H]1CCCC(F)(F)F. The lowest BCUT2D eigenvalue weighted by atomic mass is 10.0. The third-order valence-electron chi connectivity index (χ3n) is 3.66. The Balaban J connectivity index is 2.13. The lowest BCUT2D eigenvalue weighted by Gasteiger charge is -2.29. The second kappa shape index (κ2) is 6.42. The van der Waals surface area contributed by atoms with Crippen LogP contribution in [0.3, 0.4) is 0 Å². The molecule has 0 N–H and O–H groups in total. The van der Waals surface area contributed by atoms with Crippen molar-refractivity contribution in [2.45, 2.75) is 64.3 Å². The molecule has 1 amide bonds. The molecule has 0 spiro atoms. The van der Waals surface area contributed by atoms with Gasteiger partial charge in [-0.2, -0.15) is 13.2 Å². The fraction of sp³-hybridized carbons (Fsp3) is 0.588. The molecule has 1 aromatic carbocycles. The smallest absolute Gasteiger partial charge is 0.415 e. The maximum atomic E-state index is 12.5. The van der Waals surface area contributed by atoms with Gasteiger partial charge in [-0.1, -0.05) is 18.2 Å². The number of amides is 1. The average Bonchev–Trinajstić information content (AvgIpc) is 2.73. The topological polar surface area (TPSA) is 29.5 Å². The van der Waals surface area contributed by atoms with E-state index in [0.717, 1.165) is 11.3 Å². The summed E-state index contributed by atoms with van der Waals surface area (Å²) in [5.74, 6) is 0. The van der Waals surface area contributed by atoms with Crippen LogP contribution >= 0.6 is 0 Å². The van der Waals surface area contributed by atoms with Crippen molar-refractivity contribution >= 4 is 11.8 Å². The molecule has 1 aliphatic rings. The Labute approximate surface area is 134 Å². The predicted molar refractivity (Wildman–Crippen MR) is 82.6 cm³/mol. The van der Waals surface area contributed by atoms with Gasteiger partial charge in [0.1, 0.15) is 5.60 Å². The summed E-state index contributed by atoms with van der Waals surface area (Å²) >= 11 is 0. The Morgan fingerprint density at radius 1 is 1.26 bits per heavy atom. The van der Waals surface area contributed by atoms with Gasteiger partial charge in [-0.05, 0) is 51.7 Å². The number of fused-ring (bicyclic) bond motifs is 1. The van der Waals surface area contributed by atoms with E-state index in [9.17, 15) is 18.0 Å². The number of carbonyl (C=O) groups excluding carboxylic acids is 1. The van der Waals surface area contributed by atoms with Gasteiger partial charge >= 0.3 is 12.3 Å². The predicted octanol–water partition coefficient (Wildman–Crippen LogP) is 5.09. The molecule has 3 nitrogen and oxygen atoms in total. The second-order valence-corrected chi connectivity index (χ2v) is 6.84. The van der Waals surface area contributed by atoms with Gasteiger partial charge in [-0.3, -0.25) is 4.90 Å². The summed E-state index contributed by atoms with van der Waals surface area (Å²) in [5, 5.41) is 0. The van der Waals surface area contributed by atoms with Gasteiger partial charge in [0.2, 0.25) is 0 Å². The molecular weight excluding hydrogens is 307 g/mol. The van der Waals surface area contributed by atoms with Crippen molar-refractivity contribution in [2.24, 2.45) is 0 Å². The lowest BCUT2D eigenvalue weighted by Crippen LogP contribution is -2.41. The quantitative estimate of drug-likeness (QED) is 0.773. The summed E-state index contributed by atoms with van der Waals surface area (Å²) < 4.78 is 42.5. The van der Waals surface area contributed by atoms with Crippen molar-refractivity contribution in [2.75, 3.05) is 4.90 Å². The van der Waals surface area contributed by atoms with Gasteiger partial charge in [0.15, 0.2) is 0 Å². The van der Waals surface area contributed by atoms with Crippen molar-refractivity contribution in [3.05, 3.63) is 29.8 Å². The molecular formula is C17H22F3NO2. The van der Waals surface area contributed by atoms with Crippen LogP contribution in [0.25, 0.3) is 0 Å². The summed E-state index contributed by atoms with van der Waals surface area (Å²) in [6.07, 6.45) is -4.63. The minimum Gasteiger partial charge on any atom is -0.443 e. The second-order valence-electron chi connectivity index (χ2n) is 6.84. The summed E-state index contributed by atoms with van der Waals surface area (Å²) in [4.78, 5) is 14.0. The van der Waals surface area contributed by atoms with Crippen LogP contribution in [-0.2, 0) is 11.2 Å². The number of nitrogens with zero attached hydrogens (tertiary/aromatic N) is 1. The van der Waals surface area contributed by atoms with Gasteiger partial charge in [-0.15, -0.1) is 0 Å². The highest BCUT2D eigenvalue weighted by atomic mass is 19.4. The van der Waals surface area contributed by atoms with Crippen LogP contribution in [-0.4, -0.2) is 23.9 Å². The first-order chi connectivity index (χ1) is 10.6. The summed E-state index contributed by atoms with van der Waals surface area (Å²) in [5.41, 5.74) is 1.06. The summed E-state index contributed by atoms with van der Waals surface area (Å²) in [6.45, 7) is 5.31. The molecule has 128 valence electrons. The minimum absolute atomic E-state index is 0.00144. The van der Waals surface area contributed by atoms with E-state index in [0.29, 0.717) is 12.8 Å². The minimum atomic E-state index is -4.16. The fourth-order valence-corrected chi connectivity index (χ4v) is 2.79. The lowest BCUT2D eigenvalue weighted by molar-refractivity contribution is -0.135. The third-order valence-corrected chi connectivity index (χ3v) is 3.66. The number of anilines is 1. The molecule has 2 rings (SSSR count). The Hall–Kier alpha value is -1.72. The van der Waals surface area contributed by atoms with Crippen molar-refractivity contribution in [1.82, 2.24) is 0 Å². The molecule has 1 heterocycles. The Morgan fingerprint density at radius 3 is 2.52 bits per heavy atom. The van der Waals surface area contributed by atoms with Crippen LogP contribution in [0.5, 0.6) is 0 Å². The highest BCUT2D eigenvalue weighted by molar-refractivity contribution is 5.91. The number of halogens is 3. The number of benzene rings is 1. The van der Waals surface area contributed by atoms with E-state index in [1.807, 2.05) is 24.3 Å². The van der Waals surface area contributed by atoms with Gasteiger partial charge in [0.25, 0.3) is 0 Å². The van der Waals surface area contributed by atoms with Crippen LogP contribution in [0.2, 0.25) is 0 Å². The molecule has 0 unspecified atom stereocenters. The van der Waals surface area contributed by atoms with E-state index < -0.39 is 24.3 Å². The normalized spacial score (nSPS) is 18.0. The monoisotopic (exact) mass is 329 g/mol. The largest absolute Gasteiger partial charge is 0.443 e. The van der Waals surface area contributed by atoms with Crippen molar-refractivity contribution in [3.8, 4) is 0 Å². The maximum Gasteiger partial charge on any atom is 0.415 e. The number of ether oxygens (including phenoxy) is 1. The van der Waals surface area contributed by atoms with Gasteiger partial charge in [0.05, 0.1) is 5.69 Å². The van der Waals surface area contributed by atoms with E-state index in [2.05, 4.69) is 0 Å². The average molecular weight is 329 g/mol. The zero-order valence-corrected chi connectivity index (χ0v) is 13.6. The van der Waals surface area contributed by atoms with Crippen LogP contribution in [0.1, 0.15) is 45.6 Å². The van der Waals surface area contributed by atoms with Crippen LogP contribution < -0.4 is 4.90 Å². The van der Waals surface area contributed by atoms with E-state index in [1.165, 1.54) is 4.90 Å². The molecule has 0 saturated heterocycles. The first-order valence-corrected chi connectivity index (χ1v) is 7.74. The van der Waals surface area contributed by atoms with Gasteiger partial charge in [-0.25, -0.2) is 4.79 Å². The molecule has 1 aliphatic heterocycles. The molecule has 1 aromatic rings.